The van der Waals surface area contributed by atoms with Gasteiger partial charge in [0.05, 0.1) is 6.61 Å². The van der Waals surface area contributed by atoms with E-state index in [1.54, 1.807) is 0 Å². The second-order valence-electron chi connectivity index (χ2n) is 5.82. The minimum Gasteiger partial charge on any atom is -0.490 e. The first-order valence-corrected chi connectivity index (χ1v) is 8.34. The quantitative estimate of drug-likeness (QED) is 0.718. The zero-order valence-corrected chi connectivity index (χ0v) is 15.5. The van der Waals surface area contributed by atoms with E-state index in [9.17, 15) is 0 Å². The van der Waals surface area contributed by atoms with Gasteiger partial charge in [-0.3, -0.25) is 0 Å². The first-order chi connectivity index (χ1) is 11.2. The van der Waals surface area contributed by atoms with E-state index >= 15 is 0 Å². The SMILES string of the molecule is CCOc1cc([C@@H](N)C(C)CC)ccc1OCc1ccccc1.Cl. The summed E-state index contributed by atoms with van der Waals surface area (Å²) in [5, 5.41) is 0. The lowest BCUT2D eigenvalue weighted by Crippen LogP contribution is -2.18. The highest BCUT2D eigenvalue weighted by molar-refractivity contribution is 5.85. The van der Waals surface area contributed by atoms with Crippen molar-refractivity contribution in [3.63, 3.8) is 0 Å². The van der Waals surface area contributed by atoms with Gasteiger partial charge >= 0.3 is 0 Å². The third-order valence-electron chi connectivity index (χ3n) is 4.15. The van der Waals surface area contributed by atoms with E-state index in [0.29, 0.717) is 19.1 Å². The van der Waals surface area contributed by atoms with Crippen molar-refractivity contribution in [1.29, 1.82) is 0 Å². The summed E-state index contributed by atoms with van der Waals surface area (Å²) in [6.45, 7) is 7.43. The van der Waals surface area contributed by atoms with Crippen molar-refractivity contribution in [3.05, 3.63) is 59.7 Å². The number of hydrogen-bond donors (Lipinski definition) is 1. The minimum absolute atomic E-state index is 0. The molecule has 0 saturated carbocycles. The van der Waals surface area contributed by atoms with Crippen LogP contribution in [0.4, 0.5) is 0 Å². The van der Waals surface area contributed by atoms with Crippen LogP contribution in [0.5, 0.6) is 11.5 Å². The standard InChI is InChI=1S/C20H27NO2.ClH/c1-4-15(3)20(21)17-11-12-18(19(13-17)22-5-2)23-14-16-9-7-6-8-10-16;/h6-13,15,20H,4-5,14,21H2,1-3H3;1H/t15?,20-;/m0./s1. The van der Waals surface area contributed by atoms with Crippen LogP contribution in [0.3, 0.4) is 0 Å². The van der Waals surface area contributed by atoms with Gasteiger partial charge < -0.3 is 15.2 Å². The predicted octanol–water partition coefficient (Wildman–Crippen LogP) is 5.13. The summed E-state index contributed by atoms with van der Waals surface area (Å²) < 4.78 is 11.7. The van der Waals surface area contributed by atoms with Crippen molar-refractivity contribution in [2.24, 2.45) is 11.7 Å². The van der Waals surface area contributed by atoms with Crippen LogP contribution in [-0.2, 0) is 6.61 Å². The highest BCUT2D eigenvalue weighted by atomic mass is 35.5. The fourth-order valence-electron chi connectivity index (χ4n) is 2.44. The van der Waals surface area contributed by atoms with Gasteiger partial charge in [0.25, 0.3) is 0 Å². The van der Waals surface area contributed by atoms with E-state index in [2.05, 4.69) is 13.8 Å². The van der Waals surface area contributed by atoms with Crippen LogP contribution in [0.2, 0.25) is 0 Å². The zero-order chi connectivity index (χ0) is 16.7. The topological polar surface area (TPSA) is 44.5 Å². The van der Waals surface area contributed by atoms with Crippen LogP contribution in [-0.4, -0.2) is 6.61 Å². The Morgan fingerprint density at radius 3 is 2.29 bits per heavy atom. The van der Waals surface area contributed by atoms with Gasteiger partial charge in [0.15, 0.2) is 11.5 Å². The van der Waals surface area contributed by atoms with Crippen molar-refractivity contribution >= 4 is 12.4 Å². The highest BCUT2D eigenvalue weighted by Crippen LogP contribution is 2.33. The molecular formula is C20H28ClNO2. The van der Waals surface area contributed by atoms with Crippen molar-refractivity contribution < 1.29 is 9.47 Å². The van der Waals surface area contributed by atoms with E-state index < -0.39 is 0 Å². The molecule has 0 saturated heterocycles. The summed E-state index contributed by atoms with van der Waals surface area (Å²) in [6, 6.07) is 16.2. The Morgan fingerprint density at radius 2 is 1.67 bits per heavy atom. The largest absolute Gasteiger partial charge is 0.490 e. The number of nitrogens with two attached hydrogens (primary N) is 1. The number of rotatable bonds is 8. The van der Waals surface area contributed by atoms with Crippen molar-refractivity contribution in [1.82, 2.24) is 0 Å². The molecule has 2 atom stereocenters. The molecule has 132 valence electrons. The van der Waals surface area contributed by atoms with E-state index in [-0.39, 0.29) is 18.4 Å². The molecule has 2 aromatic rings. The van der Waals surface area contributed by atoms with Crippen molar-refractivity contribution in [2.45, 2.75) is 39.8 Å². The molecule has 2 aromatic carbocycles. The molecule has 0 radical (unpaired) electrons. The Hall–Kier alpha value is -1.71. The average molecular weight is 350 g/mol. The first kappa shape index (κ1) is 20.3. The normalized spacial score (nSPS) is 12.8. The molecule has 0 heterocycles. The summed E-state index contributed by atoms with van der Waals surface area (Å²) in [5.74, 6) is 1.95. The molecule has 0 spiro atoms. The van der Waals surface area contributed by atoms with Gasteiger partial charge in [-0.1, -0.05) is 56.7 Å². The number of benzene rings is 2. The third-order valence-corrected chi connectivity index (χ3v) is 4.15. The van der Waals surface area contributed by atoms with E-state index in [4.69, 9.17) is 15.2 Å². The van der Waals surface area contributed by atoms with E-state index in [1.807, 2.05) is 55.5 Å². The summed E-state index contributed by atoms with van der Waals surface area (Å²) in [5.41, 5.74) is 8.56. The fourth-order valence-corrected chi connectivity index (χ4v) is 2.44. The summed E-state index contributed by atoms with van der Waals surface area (Å²) >= 11 is 0. The Bertz CT molecular complexity index is 604. The van der Waals surface area contributed by atoms with Crippen LogP contribution >= 0.6 is 12.4 Å². The minimum atomic E-state index is 0. The maximum atomic E-state index is 6.33. The maximum Gasteiger partial charge on any atom is 0.161 e. The monoisotopic (exact) mass is 349 g/mol. The number of hydrogen-bond acceptors (Lipinski definition) is 3. The van der Waals surface area contributed by atoms with Gasteiger partial charge in [-0.05, 0) is 36.1 Å². The highest BCUT2D eigenvalue weighted by Gasteiger charge is 2.16. The second kappa shape index (κ2) is 10.2. The molecule has 24 heavy (non-hydrogen) atoms. The molecule has 2 N–H and O–H groups in total. The summed E-state index contributed by atoms with van der Waals surface area (Å²) in [7, 11) is 0. The Labute approximate surface area is 151 Å². The molecule has 0 aliphatic heterocycles. The smallest absolute Gasteiger partial charge is 0.161 e. The molecule has 0 aliphatic carbocycles. The Balaban J connectivity index is 0.00000288. The second-order valence-corrected chi connectivity index (χ2v) is 5.82. The summed E-state index contributed by atoms with van der Waals surface area (Å²) in [6.07, 6.45) is 1.05. The van der Waals surface area contributed by atoms with Gasteiger partial charge in [0, 0.05) is 6.04 Å². The van der Waals surface area contributed by atoms with Crippen LogP contribution < -0.4 is 15.2 Å². The van der Waals surface area contributed by atoms with Gasteiger partial charge in [0.1, 0.15) is 6.61 Å². The van der Waals surface area contributed by atoms with E-state index in [1.165, 1.54) is 0 Å². The molecule has 0 aliphatic rings. The van der Waals surface area contributed by atoms with Gasteiger partial charge in [-0.2, -0.15) is 0 Å². The molecule has 2 rings (SSSR count). The average Bonchev–Trinajstić information content (AvgIpc) is 2.60. The van der Waals surface area contributed by atoms with Gasteiger partial charge in [0.2, 0.25) is 0 Å². The third kappa shape index (κ3) is 5.43. The zero-order valence-electron chi connectivity index (χ0n) is 14.7. The lowest BCUT2D eigenvalue weighted by Gasteiger charge is -2.20. The molecule has 0 aromatic heterocycles. The molecular weight excluding hydrogens is 322 g/mol. The van der Waals surface area contributed by atoms with Crippen molar-refractivity contribution in [3.8, 4) is 11.5 Å². The van der Waals surface area contributed by atoms with Crippen LogP contribution in [0.25, 0.3) is 0 Å². The number of ether oxygens (including phenoxy) is 2. The van der Waals surface area contributed by atoms with Gasteiger partial charge in [-0.25, -0.2) is 0 Å². The van der Waals surface area contributed by atoms with Crippen LogP contribution in [0.15, 0.2) is 48.5 Å². The molecule has 0 bridgehead atoms. The molecule has 1 unspecified atom stereocenters. The van der Waals surface area contributed by atoms with Crippen LogP contribution in [0.1, 0.15) is 44.4 Å². The van der Waals surface area contributed by atoms with Crippen LogP contribution in [0, 0.1) is 5.92 Å². The molecule has 4 heteroatoms. The number of halogens is 1. The Kier molecular flexibility index (Phi) is 8.66. The predicted molar refractivity (Wildman–Crippen MR) is 102 cm³/mol. The van der Waals surface area contributed by atoms with Crippen molar-refractivity contribution in [2.75, 3.05) is 6.61 Å². The van der Waals surface area contributed by atoms with E-state index in [0.717, 1.165) is 29.0 Å². The summed E-state index contributed by atoms with van der Waals surface area (Å²) in [4.78, 5) is 0. The van der Waals surface area contributed by atoms with Gasteiger partial charge in [-0.15, -0.1) is 12.4 Å². The fraction of sp³-hybridized carbons (Fsp3) is 0.400. The molecule has 3 nitrogen and oxygen atoms in total. The molecule has 0 amide bonds. The molecule has 0 fully saturated rings. The maximum absolute atomic E-state index is 6.33. The lowest BCUT2D eigenvalue weighted by molar-refractivity contribution is 0.268. The Morgan fingerprint density at radius 1 is 0.958 bits per heavy atom. The first-order valence-electron chi connectivity index (χ1n) is 8.34. The lowest BCUT2D eigenvalue weighted by atomic mass is 9.93.